The predicted octanol–water partition coefficient (Wildman–Crippen LogP) is 3.23. The summed E-state index contributed by atoms with van der Waals surface area (Å²) < 4.78 is 21.1. The van der Waals surface area contributed by atoms with Gasteiger partial charge >= 0.3 is 12.1 Å². The van der Waals surface area contributed by atoms with Crippen LogP contribution in [0.2, 0.25) is 0 Å². The first-order valence-corrected chi connectivity index (χ1v) is 12.9. The van der Waals surface area contributed by atoms with Crippen LogP contribution in [0, 0.1) is 0 Å². The van der Waals surface area contributed by atoms with Crippen molar-refractivity contribution in [2.24, 2.45) is 0 Å². The van der Waals surface area contributed by atoms with E-state index < -0.39 is 18.1 Å². The van der Waals surface area contributed by atoms with Crippen molar-refractivity contribution in [1.29, 1.82) is 0 Å². The zero-order valence-corrected chi connectivity index (χ0v) is 21.7. The molecule has 0 aliphatic carbocycles. The van der Waals surface area contributed by atoms with E-state index >= 15 is 0 Å². The fraction of sp³-hybridized carbons (Fsp3) is 0.393. The van der Waals surface area contributed by atoms with Crippen molar-refractivity contribution in [3.63, 3.8) is 0 Å². The number of nitrogens with zero attached hydrogens (tertiary/aromatic N) is 4. The molecule has 5 rings (SSSR count). The molecule has 11 nitrogen and oxygen atoms in total. The molecule has 2 saturated heterocycles. The number of methoxy groups -OCH3 is 1. The molecule has 11 heteroatoms. The molecular weight excluding hydrogens is 504 g/mol. The Morgan fingerprint density at radius 2 is 1.79 bits per heavy atom. The second kappa shape index (κ2) is 12.0. The van der Waals surface area contributed by atoms with Crippen molar-refractivity contribution in [2.45, 2.75) is 44.4 Å². The van der Waals surface area contributed by atoms with Crippen molar-refractivity contribution in [1.82, 2.24) is 19.9 Å². The molecule has 1 atom stereocenters. The molecular formula is C28H30N4O7. The Morgan fingerprint density at radius 1 is 1.05 bits per heavy atom. The van der Waals surface area contributed by atoms with Crippen LogP contribution < -0.4 is 4.74 Å². The SMILES string of the molecule is COc1ccc(-c2noc(CCC(=O)N3CCC(N4C(=O)OCC4C(=O)OCc4ccccc4)CC3)n2)cc1. The van der Waals surface area contributed by atoms with E-state index in [1.807, 2.05) is 54.6 Å². The number of piperidine rings is 1. The van der Waals surface area contributed by atoms with E-state index in [0.717, 1.165) is 16.9 Å². The monoisotopic (exact) mass is 534 g/mol. The molecule has 0 spiro atoms. The van der Waals surface area contributed by atoms with E-state index in [9.17, 15) is 14.4 Å². The van der Waals surface area contributed by atoms with Crippen LogP contribution in [0.1, 0.15) is 30.7 Å². The number of carbonyl (C=O) groups excluding carboxylic acids is 3. The fourth-order valence-corrected chi connectivity index (χ4v) is 4.82. The average Bonchev–Trinajstić information content (AvgIpc) is 3.62. The normalized spacial score (nSPS) is 17.7. The maximum absolute atomic E-state index is 12.8. The molecule has 3 aromatic rings. The summed E-state index contributed by atoms with van der Waals surface area (Å²) in [5.41, 5.74) is 1.66. The third kappa shape index (κ3) is 6.19. The lowest BCUT2D eigenvalue weighted by Gasteiger charge is -2.37. The Hall–Kier alpha value is -4.41. The lowest BCUT2D eigenvalue weighted by Crippen LogP contribution is -2.52. The average molecular weight is 535 g/mol. The Balaban J connectivity index is 1.09. The van der Waals surface area contributed by atoms with Gasteiger partial charge in [0.1, 0.15) is 19.0 Å². The summed E-state index contributed by atoms with van der Waals surface area (Å²) in [6, 6.07) is 15.7. The van der Waals surface area contributed by atoms with Gasteiger partial charge < -0.3 is 23.6 Å². The lowest BCUT2D eigenvalue weighted by molar-refractivity contribution is -0.150. The third-order valence-corrected chi connectivity index (χ3v) is 6.99. The number of ether oxygens (including phenoxy) is 3. The summed E-state index contributed by atoms with van der Waals surface area (Å²) in [7, 11) is 1.60. The number of rotatable bonds is 9. The minimum absolute atomic E-state index is 0.0273. The number of cyclic esters (lactones) is 1. The Bertz CT molecular complexity index is 1290. The summed E-state index contributed by atoms with van der Waals surface area (Å²) >= 11 is 0. The third-order valence-electron chi connectivity index (χ3n) is 6.99. The van der Waals surface area contributed by atoms with Crippen molar-refractivity contribution < 1.29 is 33.1 Å². The highest BCUT2D eigenvalue weighted by Gasteiger charge is 2.44. The number of aryl methyl sites for hydroxylation is 1. The quantitative estimate of drug-likeness (QED) is 0.381. The second-order valence-corrected chi connectivity index (χ2v) is 9.45. The highest BCUT2D eigenvalue weighted by Crippen LogP contribution is 2.26. The molecule has 2 fully saturated rings. The van der Waals surface area contributed by atoms with Crippen LogP contribution in [0.3, 0.4) is 0 Å². The van der Waals surface area contributed by atoms with E-state index in [0.29, 0.717) is 44.1 Å². The first kappa shape index (κ1) is 26.2. The number of amides is 2. The van der Waals surface area contributed by atoms with Gasteiger partial charge in [0, 0.05) is 37.5 Å². The van der Waals surface area contributed by atoms with E-state index in [2.05, 4.69) is 10.1 Å². The highest BCUT2D eigenvalue weighted by molar-refractivity contribution is 5.84. The van der Waals surface area contributed by atoms with Crippen LogP contribution in [-0.2, 0) is 32.1 Å². The van der Waals surface area contributed by atoms with Crippen LogP contribution in [0.15, 0.2) is 59.1 Å². The van der Waals surface area contributed by atoms with Crippen LogP contribution in [0.25, 0.3) is 11.4 Å². The maximum Gasteiger partial charge on any atom is 0.410 e. The molecule has 2 aliphatic rings. The van der Waals surface area contributed by atoms with Crippen LogP contribution in [0.4, 0.5) is 4.79 Å². The van der Waals surface area contributed by atoms with Gasteiger partial charge in [-0.25, -0.2) is 9.59 Å². The first-order chi connectivity index (χ1) is 19.0. The number of likely N-dealkylation sites (tertiary alicyclic amines) is 1. The van der Waals surface area contributed by atoms with Gasteiger partial charge in [0.15, 0.2) is 6.04 Å². The van der Waals surface area contributed by atoms with Gasteiger partial charge in [-0.1, -0.05) is 35.5 Å². The van der Waals surface area contributed by atoms with Crippen molar-refractivity contribution in [3.8, 4) is 17.1 Å². The number of benzene rings is 2. The zero-order valence-electron chi connectivity index (χ0n) is 21.7. The number of esters is 1. The largest absolute Gasteiger partial charge is 0.497 e. The van der Waals surface area contributed by atoms with Crippen LogP contribution in [0.5, 0.6) is 5.75 Å². The van der Waals surface area contributed by atoms with Gasteiger partial charge in [-0.05, 0) is 42.7 Å². The smallest absolute Gasteiger partial charge is 0.410 e. The van der Waals surface area contributed by atoms with E-state index in [1.54, 1.807) is 12.0 Å². The zero-order chi connectivity index (χ0) is 27.2. The fourth-order valence-electron chi connectivity index (χ4n) is 4.82. The molecule has 39 heavy (non-hydrogen) atoms. The first-order valence-electron chi connectivity index (χ1n) is 12.9. The lowest BCUT2D eigenvalue weighted by atomic mass is 10.0. The number of hydrogen-bond acceptors (Lipinski definition) is 9. The summed E-state index contributed by atoms with van der Waals surface area (Å²) in [4.78, 5) is 45.7. The van der Waals surface area contributed by atoms with Crippen LogP contribution in [-0.4, -0.2) is 76.8 Å². The van der Waals surface area contributed by atoms with Crippen molar-refractivity contribution in [2.75, 3.05) is 26.8 Å². The van der Waals surface area contributed by atoms with Gasteiger partial charge in [0.05, 0.1) is 7.11 Å². The Labute approximate surface area is 225 Å². The van der Waals surface area contributed by atoms with Crippen molar-refractivity contribution in [3.05, 3.63) is 66.1 Å². The van der Waals surface area contributed by atoms with Gasteiger partial charge in [-0.3, -0.25) is 9.69 Å². The van der Waals surface area contributed by atoms with Gasteiger partial charge in [0.2, 0.25) is 17.6 Å². The van der Waals surface area contributed by atoms with E-state index in [1.165, 1.54) is 4.90 Å². The molecule has 1 aromatic heterocycles. The minimum Gasteiger partial charge on any atom is -0.497 e. The molecule has 3 heterocycles. The molecule has 204 valence electrons. The summed E-state index contributed by atoms with van der Waals surface area (Å²) in [5.74, 6) is 1.06. The topological polar surface area (TPSA) is 124 Å². The standard InChI is InChI=1S/C28H30N4O7/c1-36-22-9-7-20(8-10-22)26-29-24(39-30-26)11-12-25(33)31-15-13-21(14-16-31)32-23(18-38-28(32)35)27(34)37-17-19-5-3-2-4-6-19/h2-10,21,23H,11-18H2,1H3. The summed E-state index contributed by atoms with van der Waals surface area (Å²) in [6.07, 6.45) is 1.13. The Morgan fingerprint density at radius 3 is 2.51 bits per heavy atom. The summed E-state index contributed by atoms with van der Waals surface area (Å²) in [6.45, 7) is 1.04. The molecule has 2 aliphatic heterocycles. The Kier molecular flexibility index (Phi) is 8.04. The number of aromatic nitrogens is 2. The second-order valence-electron chi connectivity index (χ2n) is 9.45. The molecule has 0 N–H and O–H groups in total. The maximum atomic E-state index is 12.8. The van der Waals surface area contributed by atoms with Gasteiger partial charge in [0.25, 0.3) is 0 Å². The molecule has 1 unspecified atom stereocenters. The number of hydrogen-bond donors (Lipinski definition) is 0. The van der Waals surface area contributed by atoms with E-state index in [4.69, 9.17) is 18.7 Å². The molecule has 0 saturated carbocycles. The van der Waals surface area contributed by atoms with Crippen LogP contribution >= 0.6 is 0 Å². The van der Waals surface area contributed by atoms with Gasteiger partial charge in [-0.15, -0.1) is 0 Å². The van der Waals surface area contributed by atoms with Gasteiger partial charge in [-0.2, -0.15) is 4.98 Å². The molecule has 2 amide bonds. The molecule has 0 radical (unpaired) electrons. The van der Waals surface area contributed by atoms with E-state index in [-0.39, 0.29) is 31.6 Å². The predicted molar refractivity (Wildman–Crippen MR) is 137 cm³/mol. The molecule has 0 bridgehead atoms. The number of carbonyl (C=O) groups is 3. The minimum atomic E-state index is -0.786. The summed E-state index contributed by atoms with van der Waals surface area (Å²) in [5, 5.41) is 4.01. The molecule has 2 aromatic carbocycles. The highest BCUT2D eigenvalue weighted by atomic mass is 16.6. The van der Waals surface area contributed by atoms with Crippen molar-refractivity contribution >= 4 is 18.0 Å².